The Morgan fingerprint density at radius 1 is 1.29 bits per heavy atom. The normalized spacial score (nSPS) is 10.3. The number of benzene rings is 1. The Kier molecular flexibility index (Phi) is 6.45. The van der Waals surface area contributed by atoms with Gasteiger partial charge in [-0.1, -0.05) is 32.6 Å². The fourth-order valence-corrected chi connectivity index (χ4v) is 2.10. The van der Waals surface area contributed by atoms with E-state index in [0.717, 1.165) is 32.1 Å². The van der Waals surface area contributed by atoms with Crippen LogP contribution in [0.3, 0.4) is 0 Å². The van der Waals surface area contributed by atoms with Crippen molar-refractivity contribution in [3.8, 4) is 11.5 Å². The highest BCUT2D eigenvalue weighted by Gasteiger charge is 2.24. The lowest BCUT2D eigenvalue weighted by Gasteiger charge is -2.08. The molecule has 0 heterocycles. The van der Waals surface area contributed by atoms with Crippen molar-refractivity contribution >= 4 is 11.8 Å². The first-order valence-electron chi connectivity index (χ1n) is 6.87. The minimum Gasteiger partial charge on any atom is -0.499 e. The Balaban J connectivity index is 2.86. The van der Waals surface area contributed by atoms with Gasteiger partial charge in [-0.15, -0.1) is 0 Å². The molecule has 0 aliphatic carbocycles. The maximum Gasteiger partial charge on any atom is 0.511 e. The highest BCUT2D eigenvalue weighted by molar-refractivity contribution is 5.67. The predicted molar refractivity (Wildman–Crippen MR) is 75.9 cm³/mol. The molecule has 2 N–H and O–H groups in total. The second kappa shape index (κ2) is 8.08. The van der Waals surface area contributed by atoms with Gasteiger partial charge in [0.15, 0.2) is 5.75 Å². The van der Waals surface area contributed by atoms with Crippen LogP contribution in [0.15, 0.2) is 12.1 Å². The molecule has 0 unspecified atom stereocenters. The van der Waals surface area contributed by atoms with Crippen molar-refractivity contribution in [3.63, 3.8) is 0 Å². The van der Waals surface area contributed by atoms with E-state index in [9.17, 15) is 20.0 Å². The van der Waals surface area contributed by atoms with Crippen LogP contribution < -0.4 is 4.74 Å². The largest absolute Gasteiger partial charge is 0.511 e. The smallest absolute Gasteiger partial charge is 0.499 e. The van der Waals surface area contributed by atoms with E-state index in [1.807, 2.05) is 0 Å². The Bertz CT molecular complexity index is 514. The van der Waals surface area contributed by atoms with Gasteiger partial charge in [0.2, 0.25) is 5.75 Å². The van der Waals surface area contributed by atoms with E-state index in [0.29, 0.717) is 12.0 Å². The van der Waals surface area contributed by atoms with Crippen molar-refractivity contribution in [3.05, 3.63) is 27.8 Å². The first-order valence-corrected chi connectivity index (χ1v) is 6.87. The van der Waals surface area contributed by atoms with Gasteiger partial charge < -0.3 is 14.9 Å². The van der Waals surface area contributed by atoms with E-state index in [2.05, 4.69) is 11.7 Å². The summed E-state index contributed by atoms with van der Waals surface area (Å²) in [6.45, 7) is 2.10. The van der Waals surface area contributed by atoms with Crippen molar-refractivity contribution in [2.24, 2.45) is 0 Å². The minimum absolute atomic E-state index is 0.381. The first-order chi connectivity index (χ1) is 9.97. The van der Waals surface area contributed by atoms with Gasteiger partial charge in [0.05, 0.1) is 4.92 Å². The van der Waals surface area contributed by atoms with E-state index >= 15 is 0 Å². The number of unbranched alkanes of at least 4 members (excludes halogenated alkanes) is 4. The van der Waals surface area contributed by atoms with Crippen LogP contribution in [0.4, 0.5) is 10.5 Å². The molecule has 0 saturated carbocycles. The number of ether oxygens (including phenoxy) is 1. The number of nitro groups is 1. The maximum absolute atomic E-state index is 11.1. The summed E-state index contributed by atoms with van der Waals surface area (Å²) >= 11 is 0. The van der Waals surface area contributed by atoms with Crippen LogP contribution in [0.5, 0.6) is 11.5 Å². The van der Waals surface area contributed by atoms with Crippen molar-refractivity contribution in [2.75, 3.05) is 0 Å². The number of aryl methyl sites for hydroxylation is 1. The van der Waals surface area contributed by atoms with Crippen molar-refractivity contribution in [1.29, 1.82) is 0 Å². The van der Waals surface area contributed by atoms with Crippen LogP contribution in [0, 0.1) is 10.1 Å². The summed E-state index contributed by atoms with van der Waals surface area (Å²) < 4.78 is 4.31. The summed E-state index contributed by atoms with van der Waals surface area (Å²) in [6, 6.07) is 2.66. The molecule has 1 rings (SSSR count). The molecule has 0 atom stereocenters. The SMILES string of the molecule is CCCCCCCc1ccc(OC(=O)O)c(O)c1[N+](=O)[O-]. The van der Waals surface area contributed by atoms with Gasteiger partial charge in [0, 0.05) is 5.56 Å². The Labute approximate surface area is 122 Å². The van der Waals surface area contributed by atoms with Gasteiger partial charge in [-0.2, -0.15) is 0 Å². The first kappa shape index (κ1) is 16.7. The number of phenolic OH excluding ortho intramolecular Hbond substituents is 1. The molecule has 0 aliphatic rings. The third-order valence-corrected chi connectivity index (χ3v) is 3.13. The summed E-state index contributed by atoms with van der Waals surface area (Å²) in [5, 5.41) is 29.4. The van der Waals surface area contributed by atoms with Crippen molar-refractivity contribution in [1.82, 2.24) is 0 Å². The number of nitro benzene ring substituents is 1. The minimum atomic E-state index is -1.63. The van der Waals surface area contributed by atoms with Crippen molar-refractivity contribution in [2.45, 2.75) is 45.4 Å². The van der Waals surface area contributed by atoms with E-state index in [-0.39, 0.29) is 0 Å². The number of carbonyl (C=O) groups is 1. The number of hydrogen-bond donors (Lipinski definition) is 2. The van der Waals surface area contributed by atoms with Crippen molar-refractivity contribution < 1.29 is 24.7 Å². The van der Waals surface area contributed by atoms with Crippen LogP contribution in [-0.2, 0) is 6.42 Å². The summed E-state index contributed by atoms with van der Waals surface area (Å²) in [5.41, 5.74) is -0.101. The summed E-state index contributed by atoms with van der Waals surface area (Å²) in [7, 11) is 0. The molecule has 0 fully saturated rings. The molecule has 0 aliphatic heterocycles. The predicted octanol–water partition coefficient (Wildman–Crippen LogP) is 3.87. The molecule has 0 spiro atoms. The fraction of sp³-hybridized carbons (Fsp3) is 0.500. The zero-order chi connectivity index (χ0) is 15.8. The molecule has 0 bridgehead atoms. The molecule has 7 nitrogen and oxygen atoms in total. The average Bonchev–Trinajstić information content (AvgIpc) is 2.40. The third-order valence-electron chi connectivity index (χ3n) is 3.13. The third kappa shape index (κ3) is 4.94. The van der Waals surface area contributed by atoms with E-state index < -0.39 is 28.3 Å². The molecule has 7 heteroatoms. The number of nitrogens with zero attached hydrogens (tertiary/aromatic N) is 1. The van der Waals surface area contributed by atoms with Crippen LogP contribution in [0.25, 0.3) is 0 Å². The van der Waals surface area contributed by atoms with Gasteiger partial charge in [0.25, 0.3) is 0 Å². The van der Waals surface area contributed by atoms with Gasteiger partial charge in [-0.3, -0.25) is 10.1 Å². The zero-order valence-corrected chi connectivity index (χ0v) is 11.9. The molecular formula is C14H19NO6. The van der Waals surface area contributed by atoms with Crippen LogP contribution in [-0.4, -0.2) is 21.3 Å². The molecule has 0 saturated heterocycles. The fourth-order valence-electron chi connectivity index (χ4n) is 2.10. The monoisotopic (exact) mass is 297 g/mol. The van der Waals surface area contributed by atoms with Gasteiger partial charge in [-0.25, -0.2) is 4.79 Å². The maximum atomic E-state index is 11.1. The second-order valence-corrected chi connectivity index (χ2v) is 4.71. The summed E-state index contributed by atoms with van der Waals surface area (Å²) in [6.07, 6.45) is 3.86. The lowest BCUT2D eigenvalue weighted by molar-refractivity contribution is -0.386. The molecule has 116 valence electrons. The average molecular weight is 297 g/mol. The van der Waals surface area contributed by atoms with Crippen LogP contribution >= 0.6 is 0 Å². The Hall–Kier alpha value is -2.31. The van der Waals surface area contributed by atoms with Gasteiger partial charge >= 0.3 is 11.8 Å². The summed E-state index contributed by atoms with van der Waals surface area (Å²) in [4.78, 5) is 20.8. The quantitative estimate of drug-likeness (QED) is 0.248. The van der Waals surface area contributed by atoms with E-state index in [4.69, 9.17) is 5.11 Å². The lowest BCUT2D eigenvalue weighted by atomic mass is 10.0. The van der Waals surface area contributed by atoms with Gasteiger partial charge in [0.1, 0.15) is 0 Å². The summed E-state index contributed by atoms with van der Waals surface area (Å²) in [5.74, 6) is -1.17. The highest BCUT2D eigenvalue weighted by Crippen LogP contribution is 2.39. The highest BCUT2D eigenvalue weighted by atomic mass is 16.7. The van der Waals surface area contributed by atoms with Gasteiger partial charge in [-0.05, 0) is 25.0 Å². The molecule has 0 amide bonds. The number of hydrogen-bond acceptors (Lipinski definition) is 5. The number of aromatic hydroxyl groups is 1. The van der Waals surface area contributed by atoms with E-state index in [1.54, 1.807) is 0 Å². The molecule has 1 aromatic rings. The number of phenols is 1. The molecule has 1 aromatic carbocycles. The molecule has 21 heavy (non-hydrogen) atoms. The zero-order valence-electron chi connectivity index (χ0n) is 11.9. The van der Waals surface area contributed by atoms with Crippen LogP contribution in [0.2, 0.25) is 0 Å². The molecule has 0 aromatic heterocycles. The second-order valence-electron chi connectivity index (χ2n) is 4.71. The Morgan fingerprint density at radius 2 is 1.95 bits per heavy atom. The Morgan fingerprint density at radius 3 is 2.52 bits per heavy atom. The number of carboxylic acid groups (broad SMARTS) is 1. The standard InChI is InChI=1S/C14H19NO6/c1-2-3-4-5-6-7-10-8-9-11(21-14(17)18)13(16)12(10)15(19)20/h8-9,16H,2-7H2,1H3,(H,17,18). The number of rotatable bonds is 8. The van der Waals surface area contributed by atoms with E-state index in [1.165, 1.54) is 12.1 Å². The lowest BCUT2D eigenvalue weighted by Crippen LogP contribution is -2.05. The van der Waals surface area contributed by atoms with Crippen LogP contribution in [0.1, 0.15) is 44.6 Å². The molecule has 0 radical (unpaired) electrons. The topological polar surface area (TPSA) is 110 Å². The molecular weight excluding hydrogens is 278 g/mol.